The van der Waals surface area contributed by atoms with E-state index in [4.69, 9.17) is 0 Å². The van der Waals surface area contributed by atoms with Crippen LogP contribution >= 0.6 is 0 Å². The summed E-state index contributed by atoms with van der Waals surface area (Å²) in [6, 6.07) is 7.68. The molecule has 0 aromatic carbocycles. The highest BCUT2D eigenvalue weighted by atomic mass is 16.3. The first-order valence-corrected chi connectivity index (χ1v) is 8.76. The van der Waals surface area contributed by atoms with E-state index in [1.807, 2.05) is 24.4 Å². The molecule has 4 aromatic rings. The van der Waals surface area contributed by atoms with Gasteiger partial charge in [0.15, 0.2) is 6.10 Å². The summed E-state index contributed by atoms with van der Waals surface area (Å²) in [5.41, 5.74) is 4.92. The van der Waals surface area contributed by atoms with Crippen molar-refractivity contribution in [1.29, 1.82) is 0 Å². The number of aromatic amines is 1. The molecule has 0 spiro atoms. The molecule has 0 aliphatic carbocycles. The largest absolute Gasteiger partial charge is 0.378 e. The lowest BCUT2D eigenvalue weighted by molar-refractivity contribution is -0.137. The van der Waals surface area contributed by atoms with Crippen LogP contribution in [0.1, 0.15) is 11.7 Å². The van der Waals surface area contributed by atoms with Crippen molar-refractivity contribution in [3.63, 3.8) is 0 Å². The number of amides is 1. The van der Waals surface area contributed by atoms with Gasteiger partial charge in [-0.3, -0.25) is 14.8 Å². The smallest absolute Gasteiger partial charge is 0.255 e. The molecule has 0 radical (unpaired) electrons. The fourth-order valence-corrected chi connectivity index (χ4v) is 3.08. The lowest BCUT2D eigenvalue weighted by Gasteiger charge is -2.16. The van der Waals surface area contributed by atoms with Crippen molar-refractivity contribution in [2.75, 3.05) is 14.1 Å². The number of H-pyrrole nitrogens is 1. The van der Waals surface area contributed by atoms with Crippen LogP contribution in [0.25, 0.3) is 33.3 Å². The van der Waals surface area contributed by atoms with Crippen molar-refractivity contribution in [2.45, 2.75) is 6.10 Å². The normalized spacial score (nSPS) is 12.1. The van der Waals surface area contributed by atoms with Crippen LogP contribution < -0.4 is 0 Å². The van der Waals surface area contributed by atoms with Crippen molar-refractivity contribution in [3.05, 3.63) is 67.0 Å². The molecule has 0 saturated carbocycles. The maximum absolute atomic E-state index is 12.1. The number of hydrogen-bond acceptors (Lipinski definition) is 5. The number of aliphatic hydroxyl groups excluding tert-OH is 1. The summed E-state index contributed by atoms with van der Waals surface area (Å²) in [4.78, 5) is 29.4. The van der Waals surface area contributed by atoms with Gasteiger partial charge >= 0.3 is 0 Å². The third kappa shape index (κ3) is 3.23. The van der Waals surface area contributed by atoms with E-state index in [2.05, 4.69) is 19.9 Å². The molecule has 28 heavy (non-hydrogen) atoms. The van der Waals surface area contributed by atoms with E-state index in [-0.39, 0.29) is 0 Å². The fourth-order valence-electron chi connectivity index (χ4n) is 3.08. The summed E-state index contributed by atoms with van der Waals surface area (Å²) in [5, 5.41) is 11.3. The number of hydrogen-bond donors (Lipinski definition) is 2. The molecule has 2 N–H and O–H groups in total. The maximum atomic E-state index is 12.1. The Kier molecular flexibility index (Phi) is 4.58. The van der Waals surface area contributed by atoms with Gasteiger partial charge in [0, 0.05) is 78.9 Å². The molecule has 7 heteroatoms. The van der Waals surface area contributed by atoms with Gasteiger partial charge in [0.2, 0.25) is 0 Å². The molecule has 0 bridgehead atoms. The summed E-state index contributed by atoms with van der Waals surface area (Å²) in [6.45, 7) is 0. The molecule has 1 unspecified atom stereocenters. The fraction of sp³-hybridized carbons (Fsp3) is 0.143. The van der Waals surface area contributed by atoms with E-state index < -0.39 is 12.0 Å². The average Bonchev–Trinajstić information content (AvgIpc) is 3.16. The highest BCUT2D eigenvalue weighted by molar-refractivity contribution is 5.95. The summed E-state index contributed by atoms with van der Waals surface area (Å²) >= 11 is 0. The quantitative estimate of drug-likeness (QED) is 0.574. The molecule has 7 nitrogen and oxygen atoms in total. The third-order valence-corrected chi connectivity index (χ3v) is 4.61. The van der Waals surface area contributed by atoms with E-state index in [1.165, 1.54) is 11.1 Å². The molecule has 0 fully saturated rings. The Morgan fingerprint density at radius 3 is 2.54 bits per heavy atom. The van der Waals surface area contributed by atoms with Gasteiger partial charge in [0.25, 0.3) is 5.91 Å². The SMILES string of the molecule is CN(C)C(=O)C(O)c1cncc(-c2cnc3[nH]cc(-c4ccncc4)c3c2)c1. The van der Waals surface area contributed by atoms with Gasteiger partial charge in [-0.1, -0.05) is 0 Å². The van der Waals surface area contributed by atoms with Gasteiger partial charge in [0.1, 0.15) is 5.65 Å². The second-order valence-corrected chi connectivity index (χ2v) is 6.70. The molecule has 4 aromatic heterocycles. The summed E-state index contributed by atoms with van der Waals surface area (Å²) in [6.07, 6.45) is 9.11. The number of carbonyl (C=O) groups excluding carboxylic acids is 1. The van der Waals surface area contributed by atoms with Gasteiger partial charge in [-0.2, -0.15) is 0 Å². The second-order valence-electron chi connectivity index (χ2n) is 6.70. The zero-order valence-electron chi connectivity index (χ0n) is 15.5. The highest BCUT2D eigenvalue weighted by Gasteiger charge is 2.20. The van der Waals surface area contributed by atoms with E-state index in [0.717, 1.165) is 33.3 Å². The number of pyridine rings is 3. The molecule has 0 aliphatic rings. The lowest BCUT2D eigenvalue weighted by atomic mass is 10.0. The molecule has 140 valence electrons. The zero-order valence-corrected chi connectivity index (χ0v) is 15.5. The molecule has 0 aliphatic heterocycles. The molecular formula is C21H19N5O2. The topological polar surface area (TPSA) is 95.0 Å². The van der Waals surface area contributed by atoms with Gasteiger partial charge in [0.05, 0.1) is 0 Å². The van der Waals surface area contributed by atoms with Crippen LogP contribution in [0.3, 0.4) is 0 Å². The highest BCUT2D eigenvalue weighted by Crippen LogP contribution is 2.31. The monoisotopic (exact) mass is 373 g/mol. The summed E-state index contributed by atoms with van der Waals surface area (Å²) in [7, 11) is 3.21. The molecule has 4 heterocycles. The van der Waals surface area contributed by atoms with Crippen molar-refractivity contribution in [1.82, 2.24) is 24.8 Å². The van der Waals surface area contributed by atoms with Crippen LogP contribution in [-0.4, -0.2) is 49.9 Å². The summed E-state index contributed by atoms with van der Waals surface area (Å²) < 4.78 is 0. The number of carbonyl (C=O) groups is 1. The Bertz CT molecular complexity index is 1140. The molecular weight excluding hydrogens is 354 g/mol. The molecule has 0 saturated heterocycles. The van der Waals surface area contributed by atoms with Crippen LogP contribution in [0.5, 0.6) is 0 Å². The first kappa shape index (κ1) is 17.8. The van der Waals surface area contributed by atoms with Crippen molar-refractivity contribution < 1.29 is 9.90 Å². The lowest BCUT2D eigenvalue weighted by Crippen LogP contribution is -2.28. The minimum absolute atomic E-state index is 0.391. The van der Waals surface area contributed by atoms with Gasteiger partial charge in [-0.05, 0) is 29.8 Å². The minimum Gasteiger partial charge on any atom is -0.378 e. The number of aliphatic hydroxyl groups is 1. The number of nitrogens with one attached hydrogen (secondary N) is 1. The van der Waals surface area contributed by atoms with Crippen LogP contribution in [0, 0.1) is 0 Å². The minimum atomic E-state index is -1.25. The maximum Gasteiger partial charge on any atom is 0.255 e. The third-order valence-electron chi connectivity index (χ3n) is 4.61. The number of aromatic nitrogens is 4. The van der Waals surface area contributed by atoms with Crippen molar-refractivity contribution in [2.24, 2.45) is 0 Å². The second kappa shape index (κ2) is 7.21. The number of fused-ring (bicyclic) bond motifs is 1. The Morgan fingerprint density at radius 1 is 1.04 bits per heavy atom. The van der Waals surface area contributed by atoms with Gasteiger partial charge in [-0.15, -0.1) is 0 Å². The molecule has 1 atom stereocenters. The van der Waals surface area contributed by atoms with E-state index in [1.54, 1.807) is 44.9 Å². The van der Waals surface area contributed by atoms with Crippen LogP contribution in [-0.2, 0) is 4.79 Å². The average molecular weight is 373 g/mol. The van der Waals surface area contributed by atoms with Gasteiger partial charge < -0.3 is 15.0 Å². The predicted molar refractivity (Wildman–Crippen MR) is 106 cm³/mol. The molecule has 4 rings (SSSR count). The Hall–Kier alpha value is -3.58. The Morgan fingerprint density at radius 2 is 1.79 bits per heavy atom. The zero-order chi connectivity index (χ0) is 19.7. The van der Waals surface area contributed by atoms with Crippen molar-refractivity contribution in [3.8, 4) is 22.3 Å². The molecule has 1 amide bonds. The summed E-state index contributed by atoms with van der Waals surface area (Å²) in [5.74, 6) is -0.391. The first-order valence-electron chi connectivity index (χ1n) is 8.76. The number of likely N-dealkylation sites (N-methyl/N-ethyl adjacent to an activating group) is 1. The number of rotatable bonds is 4. The van der Waals surface area contributed by atoms with Crippen LogP contribution in [0.2, 0.25) is 0 Å². The number of nitrogens with zero attached hydrogens (tertiary/aromatic N) is 4. The van der Waals surface area contributed by atoms with E-state index >= 15 is 0 Å². The van der Waals surface area contributed by atoms with Crippen LogP contribution in [0.4, 0.5) is 0 Å². The first-order chi connectivity index (χ1) is 13.5. The van der Waals surface area contributed by atoms with Gasteiger partial charge in [-0.25, -0.2) is 4.98 Å². The predicted octanol–water partition coefficient (Wildman–Crippen LogP) is 2.81. The standard InChI is InChI=1S/C21H19N5O2/c1-26(2)21(28)19(27)16-7-14(9-23-10-16)15-8-17-18(12-25-20(17)24-11-15)13-3-5-22-6-4-13/h3-12,19,27H,1-2H3,(H,24,25). The Balaban J connectivity index is 1.76. The van der Waals surface area contributed by atoms with Crippen molar-refractivity contribution >= 4 is 16.9 Å². The van der Waals surface area contributed by atoms with E-state index in [9.17, 15) is 9.90 Å². The van der Waals surface area contributed by atoms with E-state index in [0.29, 0.717) is 5.56 Å². The van der Waals surface area contributed by atoms with Crippen LogP contribution in [0.15, 0.2) is 61.4 Å². The Labute approximate surface area is 161 Å².